The average Bonchev–Trinajstić information content (AvgIpc) is 3.23. The van der Waals surface area contributed by atoms with Gasteiger partial charge < -0.3 is 14.5 Å². The summed E-state index contributed by atoms with van der Waals surface area (Å²) in [5, 5.41) is 13.4. The van der Waals surface area contributed by atoms with E-state index in [0.717, 1.165) is 11.3 Å². The Labute approximate surface area is 165 Å². The van der Waals surface area contributed by atoms with Gasteiger partial charge in [0.25, 0.3) is 11.8 Å². The maximum Gasteiger partial charge on any atom is 0.315 e. The van der Waals surface area contributed by atoms with E-state index in [4.69, 9.17) is 0 Å². The van der Waals surface area contributed by atoms with Crippen molar-refractivity contribution in [2.45, 2.75) is 19.8 Å². The second-order valence-corrected chi connectivity index (χ2v) is 7.50. The molecule has 29 heavy (non-hydrogen) atoms. The molecular weight excluding hydrogens is 380 g/mol. The van der Waals surface area contributed by atoms with Crippen molar-refractivity contribution >= 4 is 11.6 Å². The quantitative estimate of drug-likeness (QED) is 0.720. The Morgan fingerprint density at radius 2 is 1.97 bits per heavy atom. The van der Waals surface area contributed by atoms with Crippen LogP contribution in [0.1, 0.15) is 35.2 Å². The van der Waals surface area contributed by atoms with Gasteiger partial charge in [-0.2, -0.15) is 13.8 Å². The number of aliphatic hydroxyl groups is 1. The number of nitrogens with zero attached hydrogens (tertiary/aromatic N) is 3. The van der Waals surface area contributed by atoms with Crippen LogP contribution in [0.5, 0.6) is 0 Å². The van der Waals surface area contributed by atoms with E-state index in [1.54, 1.807) is 29.2 Å². The number of benzene rings is 2. The number of alkyl halides is 2. The summed E-state index contributed by atoms with van der Waals surface area (Å²) in [6.07, 6.45) is -2.15. The summed E-state index contributed by atoms with van der Waals surface area (Å²) in [5.41, 5.74) is 2.30. The highest BCUT2D eigenvalue weighted by atomic mass is 19.3. The molecule has 0 saturated carbocycles. The molecule has 1 aliphatic heterocycles. The predicted molar refractivity (Wildman–Crippen MR) is 102 cm³/mol. The number of para-hydroxylation sites is 1. The average molecular weight is 399 g/mol. The summed E-state index contributed by atoms with van der Waals surface area (Å²) >= 11 is 0. The van der Waals surface area contributed by atoms with Crippen molar-refractivity contribution in [1.29, 1.82) is 0 Å². The number of halogens is 2. The first-order valence-corrected chi connectivity index (χ1v) is 9.13. The molecule has 3 aromatic rings. The third-order valence-electron chi connectivity index (χ3n) is 5.08. The van der Waals surface area contributed by atoms with E-state index in [1.807, 2.05) is 31.2 Å². The van der Waals surface area contributed by atoms with Crippen LogP contribution >= 0.6 is 0 Å². The fourth-order valence-corrected chi connectivity index (χ4v) is 3.55. The molecular formula is C21H19F2N3O3. The van der Waals surface area contributed by atoms with E-state index in [1.165, 1.54) is 0 Å². The number of carbonyl (C=O) groups excluding carboxylic acids is 1. The highest BCUT2D eigenvalue weighted by molar-refractivity contribution is 6.07. The summed E-state index contributed by atoms with van der Waals surface area (Å²) in [6, 6.07) is 14.0. The first-order chi connectivity index (χ1) is 13.9. The molecule has 0 radical (unpaired) electrons. The number of carbonyl (C=O) groups is 1. The highest BCUT2D eigenvalue weighted by Crippen LogP contribution is 2.37. The van der Waals surface area contributed by atoms with Crippen LogP contribution in [0.2, 0.25) is 0 Å². The third kappa shape index (κ3) is 3.63. The zero-order chi connectivity index (χ0) is 20.6. The molecule has 1 N–H and O–H groups in total. The van der Waals surface area contributed by atoms with E-state index in [0.29, 0.717) is 24.1 Å². The van der Waals surface area contributed by atoms with Crippen LogP contribution in [0.4, 0.5) is 14.5 Å². The molecule has 0 bridgehead atoms. The van der Waals surface area contributed by atoms with Gasteiger partial charge in [-0.3, -0.25) is 4.79 Å². The van der Waals surface area contributed by atoms with E-state index in [-0.39, 0.29) is 18.3 Å². The number of aliphatic hydroxyl groups excluding tert-OH is 1. The van der Waals surface area contributed by atoms with Crippen LogP contribution in [0.25, 0.3) is 11.4 Å². The summed E-state index contributed by atoms with van der Waals surface area (Å²) in [4.78, 5) is 18.5. The van der Waals surface area contributed by atoms with Crippen molar-refractivity contribution in [1.82, 2.24) is 10.1 Å². The lowest BCUT2D eigenvalue weighted by Gasteiger charge is -2.40. The number of hydrogen-bond acceptors (Lipinski definition) is 5. The zero-order valence-electron chi connectivity index (χ0n) is 15.7. The topological polar surface area (TPSA) is 79.5 Å². The van der Waals surface area contributed by atoms with Gasteiger partial charge in [0.15, 0.2) is 0 Å². The molecule has 1 atom stereocenters. The minimum absolute atomic E-state index is 0.0334. The van der Waals surface area contributed by atoms with Crippen molar-refractivity contribution in [2.24, 2.45) is 5.41 Å². The van der Waals surface area contributed by atoms with Gasteiger partial charge in [0, 0.05) is 28.8 Å². The lowest BCUT2D eigenvalue weighted by Crippen LogP contribution is -2.47. The second-order valence-electron chi connectivity index (χ2n) is 7.50. The van der Waals surface area contributed by atoms with Gasteiger partial charge in [-0.05, 0) is 30.2 Å². The molecule has 1 aliphatic rings. The second kappa shape index (κ2) is 7.36. The molecule has 150 valence electrons. The standard InChI is InChI=1S/C21H19F2N3O3/c1-21(12-27)10-15-4-2-3-5-16(15)26(11-21)20(28)14-8-6-13(7-9-14)18-24-19(17(22)23)29-25-18/h2-9,17,27H,10-12H2,1H3. The minimum atomic E-state index is -2.84. The Kier molecular flexibility index (Phi) is 4.87. The van der Waals surface area contributed by atoms with E-state index >= 15 is 0 Å². The van der Waals surface area contributed by atoms with Crippen LogP contribution in [0.15, 0.2) is 53.1 Å². The summed E-state index contributed by atoms with van der Waals surface area (Å²) in [6.45, 7) is 2.31. The first kappa shape index (κ1) is 19.2. The van der Waals surface area contributed by atoms with E-state index < -0.39 is 17.7 Å². The van der Waals surface area contributed by atoms with Crippen LogP contribution in [-0.2, 0) is 6.42 Å². The van der Waals surface area contributed by atoms with E-state index in [9.17, 15) is 18.7 Å². The van der Waals surface area contributed by atoms with Crippen molar-refractivity contribution < 1.29 is 23.2 Å². The van der Waals surface area contributed by atoms with Gasteiger partial charge in [-0.15, -0.1) is 0 Å². The highest BCUT2D eigenvalue weighted by Gasteiger charge is 2.36. The van der Waals surface area contributed by atoms with Crippen molar-refractivity contribution in [3.8, 4) is 11.4 Å². The maximum absolute atomic E-state index is 13.2. The molecule has 0 fully saturated rings. The van der Waals surface area contributed by atoms with Crippen LogP contribution in [-0.4, -0.2) is 34.3 Å². The molecule has 6 nitrogen and oxygen atoms in total. The third-order valence-corrected chi connectivity index (χ3v) is 5.08. The number of amides is 1. The zero-order valence-corrected chi connectivity index (χ0v) is 15.7. The largest absolute Gasteiger partial charge is 0.396 e. The Balaban J connectivity index is 1.62. The minimum Gasteiger partial charge on any atom is -0.396 e. The van der Waals surface area contributed by atoms with Gasteiger partial charge in [0.1, 0.15) is 0 Å². The summed E-state index contributed by atoms with van der Waals surface area (Å²) in [7, 11) is 0. The molecule has 2 aromatic carbocycles. The molecule has 1 unspecified atom stereocenters. The molecule has 0 spiro atoms. The Morgan fingerprint density at radius 1 is 1.24 bits per heavy atom. The van der Waals surface area contributed by atoms with Crippen molar-refractivity contribution in [3.05, 3.63) is 65.5 Å². The number of fused-ring (bicyclic) bond motifs is 1. The normalized spacial score (nSPS) is 18.7. The van der Waals surface area contributed by atoms with Crippen molar-refractivity contribution in [2.75, 3.05) is 18.1 Å². The SMILES string of the molecule is CC1(CO)Cc2ccccc2N(C(=O)c2ccc(-c3noc(C(F)F)n3)cc2)C1. The smallest absolute Gasteiger partial charge is 0.315 e. The van der Waals surface area contributed by atoms with Crippen LogP contribution in [0.3, 0.4) is 0 Å². The van der Waals surface area contributed by atoms with Gasteiger partial charge in [-0.25, -0.2) is 0 Å². The molecule has 8 heteroatoms. The predicted octanol–water partition coefficient (Wildman–Crippen LogP) is 3.88. The monoisotopic (exact) mass is 399 g/mol. The molecule has 4 rings (SSSR count). The Morgan fingerprint density at radius 3 is 2.62 bits per heavy atom. The van der Waals surface area contributed by atoms with Crippen LogP contribution in [0, 0.1) is 5.41 Å². The van der Waals surface area contributed by atoms with Gasteiger partial charge in [0.05, 0.1) is 6.61 Å². The number of aromatic nitrogens is 2. The molecule has 1 amide bonds. The van der Waals surface area contributed by atoms with Crippen LogP contribution < -0.4 is 4.90 Å². The first-order valence-electron chi connectivity index (χ1n) is 9.13. The van der Waals surface area contributed by atoms with Gasteiger partial charge >= 0.3 is 6.43 Å². The molecule has 1 aromatic heterocycles. The van der Waals surface area contributed by atoms with Gasteiger partial charge in [-0.1, -0.05) is 42.4 Å². The van der Waals surface area contributed by atoms with E-state index in [2.05, 4.69) is 14.7 Å². The number of rotatable bonds is 4. The molecule has 0 saturated heterocycles. The summed E-state index contributed by atoms with van der Waals surface area (Å²) in [5.74, 6) is -0.909. The maximum atomic E-state index is 13.2. The Hall–Kier alpha value is -3.13. The fourth-order valence-electron chi connectivity index (χ4n) is 3.55. The fraction of sp³-hybridized carbons (Fsp3) is 0.286. The van der Waals surface area contributed by atoms with Crippen molar-refractivity contribution in [3.63, 3.8) is 0 Å². The number of anilines is 1. The lowest BCUT2D eigenvalue weighted by atomic mass is 9.80. The summed E-state index contributed by atoms with van der Waals surface area (Å²) < 4.78 is 29.8. The van der Waals surface area contributed by atoms with Gasteiger partial charge in [0.2, 0.25) is 5.82 Å². The lowest BCUT2D eigenvalue weighted by molar-refractivity contribution is 0.0937. The number of hydrogen-bond donors (Lipinski definition) is 1. The Bertz CT molecular complexity index is 1040. The molecule has 2 heterocycles. The molecule has 0 aliphatic carbocycles.